The third-order valence-electron chi connectivity index (χ3n) is 4.18. The highest BCUT2D eigenvalue weighted by atomic mass is 16.5. The SMILES string of the molecule is COc1cc(CNC[C@H]2CCO[C@@H]2c2cn[nH]c2)ccc1C#N. The second-order valence-corrected chi connectivity index (χ2v) is 5.65. The molecule has 0 amide bonds. The molecule has 2 aromatic rings. The molecule has 0 spiro atoms. The molecule has 0 saturated carbocycles. The fraction of sp³-hybridized carbons (Fsp3) is 0.412. The minimum Gasteiger partial charge on any atom is -0.495 e. The predicted octanol–water partition coefficient (Wildman–Crippen LogP) is 2.16. The number of rotatable bonds is 6. The van der Waals surface area contributed by atoms with E-state index < -0.39 is 0 Å². The Balaban J connectivity index is 1.56. The van der Waals surface area contributed by atoms with E-state index in [1.54, 1.807) is 13.2 Å². The quantitative estimate of drug-likeness (QED) is 0.854. The summed E-state index contributed by atoms with van der Waals surface area (Å²) in [5.41, 5.74) is 2.76. The summed E-state index contributed by atoms with van der Waals surface area (Å²) in [5.74, 6) is 1.06. The van der Waals surface area contributed by atoms with Crippen LogP contribution in [0.4, 0.5) is 0 Å². The van der Waals surface area contributed by atoms with Crippen molar-refractivity contribution in [2.75, 3.05) is 20.3 Å². The second kappa shape index (κ2) is 7.27. The number of methoxy groups -OCH3 is 1. The van der Waals surface area contributed by atoms with Crippen LogP contribution in [0.1, 0.15) is 29.2 Å². The third kappa shape index (κ3) is 3.52. The molecule has 2 atom stereocenters. The molecule has 1 aromatic carbocycles. The van der Waals surface area contributed by atoms with Crippen molar-refractivity contribution >= 4 is 0 Å². The summed E-state index contributed by atoms with van der Waals surface area (Å²) in [4.78, 5) is 0. The predicted molar refractivity (Wildman–Crippen MR) is 84.8 cm³/mol. The Morgan fingerprint density at radius 3 is 3.17 bits per heavy atom. The number of ether oxygens (including phenoxy) is 2. The van der Waals surface area contributed by atoms with Crippen LogP contribution < -0.4 is 10.1 Å². The lowest BCUT2D eigenvalue weighted by Crippen LogP contribution is -2.24. The number of hydrogen-bond donors (Lipinski definition) is 2. The average Bonchev–Trinajstić information content (AvgIpc) is 3.25. The second-order valence-electron chi connectivity index (χ2n) is 5.65. The van der Waals surface area contributed by atoms with Crippen molar-refractivity contribution in [3.05, 3.63) is 47.3 Å². The van der Waals surface area contributed by atoms with E-state index in [2.05, 4.69) is 21.6 Å². The maximum absolute atomic E-state index is 9.01. The molecule has 0 bridgehead atoms. The zero-order chi connectivity index (χ0) is 16.1. The molecule has 2 N–H and O–H groups in total. The van der Waals surface area contributed by atoms with Gasteiger partial charge in [-0.15, -0.1) is 0 Å². The maximum atomic E-state index is 9.01. The van der Waals surface area contributed by atoms with Gasteiger partial charge in [0.15, 0.2) is 0 Å². The molecule has 6 heteroatoms. The van der Waals surface area contributed by atoms with E-state index in [0.29, 0.717) is 17.2 Å². The minimum absolute atomic E-state index is 0.108. The number of nitriles is 1. The van der Waals surface area contributed by atoms with Gasteiger partial charge < -0.3 is 14.8 Å². The number of aromatic amines is 1. The van der Waals surface area contributed by atoms with E-state index in [9.17, 15) is 0 Å². The number of H-pyrrole nitrogens is 1. The monoisotopic (exact) mass is 312 g/mol. The number of hydrogen-bond acceptors (Lipinski definition) is 5. The van der Waals surface area contributed by atoms with Gasteiger partial charge in [-0.25, -0.2) is 0 Å². The van der Waals surface area contributed by atoms with Crippen molar-refractivity contribution in [2.24, 2.45) is 5.92 Å². The van der Waals surface area contributed by atoms with Crippen LogP contribution in [0.5, 0.6) is 5.75 Å². The van der Waals surface area contributed by atoms with Crippen LogP contribution in [0.25, 0.3) is 0 Å². The van der Waals surface area contributed by atoms with E-state index in [4.69, 9.17) is 14.7 Å². The number of nitrogens with zero attached hydrogens (tertiary/aromatic N) is 2. The van der Waals surface area contributed by atoms with Crippen molar-refractivity contribution in [2.45, 2.75) is 19.1 Å². The van der Waals surface area contributed by atoms with Crippen LogP contribution in [0, 0.1) is 17.2 Å². The van der Waals surface area contributed by atoms with Crippen LogP contribution in [0.3, 0.4) is 0 Å². The van der Waals surface area contributed by atoms with Crippen molar-refractivity contribution in [3.63, 3.8) is 0 Å². The molecule has 6 nitrogen and oxygen atoms in total. The van der Waals surface area contributed by atoms with Gasteiger partial charge in [0.05, 0.1) is 25.0 Å². The average molecular weight is 312 g/mol. The van der Waals surface area contributed by atoms with E-state index in [0.717, 1.165) is 37.2 Å². The van der Waals surface area contributed by atoms with E-state index in [1.807, 2.05) is 24.5 Å². The molecule has 1 aliphatic heterocycles. The van der Waals surface area contributed by atoms with Crippen molar-refractivity contribution < 1.29 is 9.47 Å². The smallest absolute Gasteiger partial charge is 0.136 e. The minimum atomic E-state index is 0.108. The van der Waals surface area contributed by atoms with Crippen molar-refractivity contribution in [1.82, 2.24) is 15.5 Å². The lowest BCUT2D eigenvalue weighted by molar-refractivity contribution is 0.0905. The molecule has 0 unspecified atom stereocenters. The fourth-order valence-corrected chi connectivity index (χ4v) is 2.97. The number of aromatic nitrogens is 2. The third-order valence-corrected chi connectivity index (χ3v) is 4.18. The molecule has 3 rings (SSSR count). The highest BCUT2D eigenvalue weighted by molar-refractivity contribution is 5.45. The lowest BCUT2D eigenvalue weighted by Gasteiger charge is -2.18. The normalized spacial score (nSPS) is 20.3. The molecule has 120 valence electrons. The standard InChI is InChI=1S/C17H20N4O2/c1-22-16-6-12(2-3-13(16)7-18)8-19-9-14-4-5-23-17(14)15-10-20-21-11-15/h2-3,6,10-11,14,17,19H,4-5,8-9H2,1H3,(H,20,21)/t14-,17+/m1/s1. The summed E-state index contributed by atoms with van der Waals surface area (Å²) in [6.07, 6.45) is 4.87. The van der Waals surface area contributed by atoms with Gasteiger partial charge in [0.2, 0.25) is 0 Å². The Kier molecular flexibility index (Phi) is 4.91. The maximum Gasteiger partial charge on any atom is 0.136 e. The fourth-order valence-electron chi connectivity index (χ4n) is 2.97. The van der Waals surface area contributed by atoms with Gasteiger partial charge in [0.25, 0.3) is 0 Å². The Bertz CT molecular complexity index is 678. The molecule has 1 aliphatic rings. The van der Waals surface area contributed by atoms with Gasteiger partial charge in [-0.3, -0.25) is 5.10 Å². The van der Waals surface area contributed by atoms with Crippen LogP contribution in [0.15, 0.2) is 30.6 Å². The molecule has 1 saturated heterocycles. The van der Waals surface area contributed by atoms with Gasteiger partial charge >= 0.3 is 0 Å². The molecular weight excluding hydrogens is 292 g/mol. The Morgan fingerprint density at radius 1 is 1.52 bits per heavy atom. The van der Waals surface area contributed by atoms with E-state index in [-0.39, 0.29) is 6.10 Å². The Labute approximate surface area is 135 Å². The highest BCUT2D eigenvalue weighted by Crippen LogP contribution is 2.33. The summed E-state index contributed by atoms with van der Waals surface area (Å²) in [7, 11) is 1.58. The van der Waals surface area contributed by atoms with E-state index >= 15 is 0 Å². The van der Waals surface area contributed by atoms with Crippen LogP contribution in [-0.4, -0.2) is 30.5 Å². The molecule has 1 aromatic heterocycles. The largest absolute Gasteiger partial charge is 0.495 e. The zero-order valence-electron chi connectivity index (χ0n) is 13.1. The van der Waals surface area contributed by atoms with Crippen LogP contribution in [-0.2, 0) is 11.3 Å². The molecule has 23 heavy (non-hydrogen) atoms. The van der Waals surface area contributed by atoms with Gasteiger partial charge in [0.1, 0.15) is 11.8 Å². The van der Waals surface area contributed by atoms with Crippen LogP contribution >= 0.6 is 0 Å². The lowest BCUT2D eigenvalue weighted by atomic mass is 9.97. The highest BCUT2D eigenvalue weighted by Gasteiger charge is 2.29. The molecular formula is C17H20N4O2. The Morgan fingerprint density at radius 2 is 2.43 bits per heavy atom. The first-order valence-electron chi connectivity index (χ1n) is 7.70. The Hall–Kier alpha value is -2.36. The summed E-state index contributed by atoms with van der Waals surface area (Å²) in [5, 5.41) is 19.3. The van der Waals surface area contributed by atoms with Gasteiger partial charge in [-0.2, -0.15) is 10.4 Å². The summed E-state index contributed by atoms with van der Waals surface area (Å²) in [6, 6.07) is 7.78. The number of nitrogens with one attached hydrogen (secondary N) is 2. The first-order valence-corrected chi connectivity index (χ1v) is 7.70. The molecule has 1 fully saturated rings. The van der Waals surface area contributed by atoms with Gasteiger partial charge in [-0.05, 0) is 24.1 Å². The van der Waals surface area contributed by atoms with Crippen molar-refractivity contribution in [1.29, 1.82) is 5.26 Å². The topological polar surface area (TPSA) is 83.0 Å². The van der Waals surface area contributed by atoms with Gasteiger partial charge in [0, 0.05) is 37.4 Å². The summed E-state index contributed by atoms with van der Waals surface area (Å²) >= 11 is 0. The summed E-state index contributed by atoms with van der Waals surface area (Å²) in [6.45, 7) is 2.39. The van der Waals surface area contributed by atoms with E-state index in [1.165, 1.54) is 0 Å². The molecule has 0 aliphatic carbocycles. The van der Waals surface area contributed by atoms with Crippen LogP contribution in [0.2, 0.25) is 0 Å². The number of benzene rings is 1. The first-order chi connectivity index (χ1) is 11.3. The molecule has 2 heterocycles. The summed E-state index contributed by atoms with van der Waals surface area (Å²) < 4.78 is 11.1. The zero-order valence-corrected chi connectivity index (χ0v) is 13.1. The first kappa shape index (κ1) is 15.5. The van der Waals surface area contributed by atoms with Gasteiger partial charge in [-0.1, -0.05) is 6.07 Å². The molecule has 0 radical (unpaired) electrons. The van der Waals surface area contributed by atoms with Crippen molar-refractivity contribution in [3.8, 4) is 11.8 Å².